The Hall–Kier alpha value is -1.19. The molecule has 0 radical (unpaired) electrons. The van der Waals surface area contributed by atoms with Gasteiger partial charge in [-0.3, -0.25) is 0 Å². The molecule has 0 saturated heterocycles. The molecular formula is C10H17N3O4S2. The number of pyridine rings is 1. The molecule has 19 heavy (non-hydrogen) atoms. The fraction of sp³-hybridized carbons (Fsp3) is 0.500. The third-order valence-electron chi connectivity index (χ3n) is 2.75. The Morgan fingerprint density at radius 2 is 1.89 bits per heavy atom. The molecule has 7 nitrogen and oxygen atoms in total. The zero-order valence-electron chi connectivity index (χ0n) is 10.9. The molecule has 108 valence electrons. The number of sulfonamides is 1. The van der Waals surface area contributed by atoms with Gasteiger partial charge in [-0.1, -0.05) is 0 Å². The highest BCUT2D eigenvalue weighted by Gasteiger charge is 2.31. The van der Waals surface area contributed by atoms with Crippen LogP contribution < -0.4 is 10.5 Å². The molecule has 0 aliphatic carbocycles. The number of aromatic nitrogens is 1. The van der Waals surface area contributed by atoms with Gasteiger partial charge in [0, 0.05) is 25.1 Å². The molecule has 0 saturated carbocycles. The number of rotatable bonds is 5. The Labute approximate surface area is 113 Å². The molecule has 1 heterocycles. The Bertz CT molecular complexity index is 666. The number of hydrogen-bond acceptors (Lipinski definition) is 6. The quantitative estimate of drug-likeness (QED) is 0.775. The molecule has 0 aliphatic rings. The van der Waals surface area contributed by atoms with Crippen LogP contribution in [0.1, 0.15) is 13.8 Å². The first kappa shape index (κ1) is 15.9. The van der Waals surface area contributed by atoms with Crippen LogP contribution in [0, 0.1) is 0 Å². The molecular weight excluding hydrogens is 290 g/mol. The second-order valence-corrected chi connectivity index (χ2v) is 9.19. The van der Waals surface area contributed by atoms with E-state index >= 15 is 0 Å². The topological polar surface area (TPSA) is 119 Å². The Balaban J connectivity index is 2.95. The number of anilines is 1. The van der Waals surface area contributed by atoms with Gasteiger partial charge in [0.1, 0.15) is 5.82 Å². The summed E-state index contributed by atoms with van der Waals surface area (Å²) in [6.45, 7) is 2.67. The Morgan fingerprint density at radius 1 is 1.32 bits per heavy atom. The number of nitrogens with zero attached hydrogens (tertiary/aromatic N) is 1. The monoisotopic (exact) mass is 307 g/mol. The van der Waals surface area contributed by atoms with Crippen LogP contribution in [-0.4, -0.2) is 39.4 Å². The van der Waals surface area contributed by atoms with E-state index in [0.29, 0.717) is 0 Å². The molecule has 0 spiro atoms. The maximum Gasteiger partial charge on any atom is 0.240 e. The average Bonchev–Trinajstić information content (AvgIpc) is 2.25. The summed E-state index contributed by atoms with van der Waals surface area (Å²) in [4.78, 5) is 3.64. The van der Waals surface area contributed by atoms with E-state index in [1.54, 1.807) is 0 Å². The number of sulfone groups is 1. The van der Waals surface area contributed by atoms with Crippen molar-refractivity contribution in [1.82, 2.24) is 9.71 Å². The van der Waals surface area contributed by atoms with E-state index in [-0.39, 0.29) is 17.3 Å². The maximum absolute atomic E-state index is 12.0. The summed E-state index contributed by atoms with van der Waals surface area (Å²) in [5.74, 6) is 0.0743. The third kappa shape index (κ3) is 3.88. The van der Waals surface area contributed by atoms with Crippen LogP contribution in [0.3, 0.4) is 0 Å². The molecule has 0 unspecified atom stereocenters. The van der Waals surface area contributed by atoms with Crippen molar-refractivity contribution in [2.75, 3.05) is 18.5 Å². The van der Waals surface area contributed by atoms with E-state index in [9.17, 15) is 16.8 Å². The lowest BCUT2D eigenvalue weighted by Crippen LogP contribution is -2.43. The van der Waals surface area contributed by atoms with E-state index in [1.165, 1.54) is 32.2 Å². The Kier molecular flexibility index (Phi) is 4.23. The standard InChI is InChI=1S/C10H17N3O4S2/c1-10(2,18(3,14)15)7-13-19(16,17)8-4-5-12-9(11)6-8/h4-6,13H,7H2,1-3H3,(H2,11,12). The first-order valence-corrected chi connectivity index (χ1v) is 8.74. The van der Waals surface area contributed by atoms with Crippen molar-refractivity contribution in [3.05, 3.63) is 18.3 Å². The molecule has 0 aromatic carbocycles. The van der Waals surface area contributed by atoms with Crippen molar-refractivity contribution in [2.45, 2.75) is 23.5 Å². The fourth-order valence-corrected chi connectivity index (χ4v) is 2.74. The van der Waals surface area contributed by atoms with Gasteiger partial charge >= 0.3 is 0 Å². The number of nitrogens with two attached hydrogens (primary N) is 1. The van der Waals surface area contributed by atoms with Crippen molar-refractivity contribution in [3.8, 4) is 0 Å². The SMILES string of the molecule is CC(C)(CNS(=O)(=O)c1ccnc(N)c1)S(C)(=O)=O. The van der Waals surface area contributed by atoms with Gasteiger partial charge in [-0.15, -0.1) is 0 Å². The summed E-state index contributed by atoms with van der Waals surface area (Å²) in [6.07, 6.45) is 2.33. The third-order valence-corrected chi connectivity index (χ3v) is 6.31. The van der Waals surface area contributed by atoms with Crippen LogP contribution >= 0.6 is 0 Å². The summed E-state index contributed by atoms with van der Waals surface area (Å²) in [5, 5.41) is 0. The van der Waals surface area contributed by atoms with Crippen LogP contribution in [0.2, 0.25) is 0 Å². The van der Waals surface area contributed by atoms with Crippen molar-refractivity contribution < 1.29 is 16.8 Å². The molecule has 0 amide bonds. The first-order valence-electron chi connectivity index (χ1n) is 5.36. The van der Waals surface area contributed by atoms with Gasteiger partial charge in [-0.05, 0) is 19.9 Å². The first-order chi connectivity index (χ1) is 8.46. The molecule has 1 aromatic heterocycles. The van der Waals surface area contributed by atoms with E-state index in [2.05, 4.69) is 9.71 Å². The maximum atomic E-state index is 12.0. The average molecular weight is 307 g/mol. The molecule has 0 fully saturated rings. The predicted molar refractivity (Wildman–Crippen MR) is 72.8 cm³/mol. The van der Waals surface area contributed by atoms with Crippen LogP contribution in [0.15, 0.2) is 23.2 Å². The van der Waals surface area contributed by atoms with Crippen molar-refractivity contribution in [3.63, 3.8) is 0 Å². The summed E-state index contributed by atoms with van der Waals surface area (Å²) >= 11 is 0. The normalized spacial score (nSPS) is 13.4. The summed E-state index contributed by atoms with van der Waals surface area (Å²) in [6, 6.07) is 2.49. The highest BCUT2D eigenvalue weighted by atomic mass is 32.2. The molecule has 0 aliphatic heterocycles. The number of nitrogens with one attached hydrogen (secondary N) is 1. The minimum Gasteiger partial charge on any atom is -0.384 e. The zero-order valence-corrected chi connectivity index (χ0v) is 12.5. The highest BCUT2D eigenvalue weighted by molar-refractivity contribution is 7.92. The van der Waals surface area contributed by atoms with E-state index < -0.39 is 24.6 Å². The summed E-state index contributed by atoms with van der Waals surface area (Å²) in [7, 11) is -7.19. The second-order valence-electron chi connectivity index (χ2n) is 4.77. The van der Waals surface area contributed by atoms with Crippen LogP contribution in [0.5, 0.6) is 0 Å². The molecule has 0 bridgehead atoms. The molecule has 9 heteroatoms. The minimum absolute atomic E-state index is 0.0516. The van der Waals surface area contributed by atoms with Gasteiger partial charge in [0.15, 0.2) is 9.84 Å². The zero-order chi connectivity index (χ0) is 14.9. The molecule has 3 N–H and O–H groups in total. The van der Waals surface area contributed by atoms with Crippen molar-refractivity contribution in [1.29, 1.82) is 0 Å². The lowest BCUT2D eigenvalue weighted by Gasteiger charge is -2.22. The summed E-state index contributed by atoms with van der Waals surface area (Å²) < 4.78 is 48.0. The van der Waals surface area contributed by atoms with E-state index in [1.807, 2.05) is 0 Å². The lowest BCUT2D eigenvalue weighted by atomic mass is 10.2. The van der Waals surface area contributed by atoms with Gasteiger partial charge in [-0.2, -0.15) is 0 Å². The van der Waals surface area contributed by atoms with Gasteiger partial charge in [-0.25, -0.2) is 26.5 Å². The van der Waals surface area contributed by atoms with E-state index in [0.717, 1.165) is 6.26 Å². The smallest absolute Gasteiger partial charge is 0.240 e. The lowest BCUT2D eigenvalue weighted by molar-refractivity contribution is 0.537. The van der Waals surface area contributed by atoms with Gasteiger partial charge in [0.25, 0.3) is 0 Å². The molecule has 0 atom stereocenters. The number of nitrogen functional groups attached to an aromatic ring is 1. The van der Waals surface area contributed by atoms with Crippen molar-refractivity contribution >= 4 is 25.7 Å². The second kappa shape index (κ2) is 5.06. The van der Waals surface area contributed by atoms with Gasteiger partial charge in [0.05, 0.1) is 9.64 Å². The summed E-state index contributed by atoms with van der Waals surface area (Å²) in [5.41, 5.74) is 5.41. The van der Waals surface area contributed by atoms with Crippen LogP contribution in [-0.2, 0) is 19.9 Å². The van der Waals surface area contributed by atoms with Crippen LogP contribution in [0.4, 0.5) is 5.82 Å². The van der Waals surface area contributed by atoms with Crippen LogP contribution in [0.25, 0.3) is 0 Å². The van der Waals surface area contributed by atoms with E-state index in [4.69, 9.17) is 5.73 Å². The van der Waals surface area contributed by atoms with Crippen molar-refractivity contribution in [2.24, 2.45) is 0 Å². The predicted octanol–water partition coefficient (Wildman–Crippen LogP) is -0.235. The van der Waals surface area contributed by atoms with Gasteiger partial charge < -0.3 is 5.73 Å². The highest BCUT2D eigenvalue weighted by Crippen LogP contribution is 2.16. The molecule has 1 rings (SSSR count). The molecule has 1 aromatic rings. The van der Waals surface area contributed by atoms with Gasteiger partial charge in [0.2, 0.25) is 10.0 Å². The Morgan fingerprint density at radius 3 is 2.37 bits per heavy atom. The number of hydrogen-bond donors (Lipinski definition) is 2. The minimum atomic E-state index is -3.81. The fourth-order valence-electron chi connectivity index (χ4n) is 1.08. The largest absolute Gasteiger partial charge is 0.384 e.